The molecule has 0 N–H and O–H groups in total. The normalized spacial score (nSPS) is 9.85. The van der Waals surface area contributed by atoms with Crippen molar-refractivity contribution in [3.05, 3.63) is 48.8 Å². The van der Waals surface area contributed by atoms with Crippen LogP contribution in [0, 0.1) is 0 Å². The molecule has 2 heteroatoms. The zero-order valence-electron chi connectivity index (χ0n) is 7.57. The number of hydrogen-bond acceptors (Lipinski definition) is 1. The summed E-state index contributed by atoms with van der Waals surface area (Å²) in [7, 11) is 2.06. The third kappa shape index (κ3) is 1.78. The van der Waals surface area contributed by atoms with Gasteiger partial charge in [0.05, 0.1) is 0 Å². The summed E-state index contributed by atoms with van der Waals surface area (Å²) in [4.78, 5) is 4.16. The highest BCUT2D eigenvalue weighted by atomic mass is 14.6. The van der Waals surface area contributed by atoms with Gasteiger partial charge in [0.1, 0.15) is 7.85 Å². The molecule has 0 unspecified atom stereocenters. The van der Waals surface area contributed by atoms with E-state index in [1.165, 1.54) is 16.6 Å². The van der Waals surface area contributed by atoms with Gasteiger partial charge in [-0.25, -0.2) is 0 Å². The average molecular weight is 167 g/mol. The smallest absolute Gasteiger partial charge is 0.141 e. The van der Waals surface area contributed by atoms with Gasteiger partial charge in [0.15, 0.2) is 0 Å². The van der Waals surface area contributed by atoms with Crippen LogP contribution in [0.5, 0.6) is 0 Å². The molecule has 0 aliphatic carbocycles. The molecule has 62 valence electrons. The predicted octanol–water partition coefficient (Wildman–Crippen LogP) is 1.01. The van der Waals surface area contributed by atoms with Crippen LogP contribution in [0.15, 0.2) is 48.8 Å². The number of rotatable bonds is 1. The van der Waals surface area contributed by atoms with Crippen molar-refractivity contribution in [2.24, 2.45) is 0 Å². The first-order valence-corrected chi connectivity index (χ1v) is 4.33. The van der Waals surface area contributed by atoms with E-state index in [-0.39, 0.29) is 0 Å². The summed E-state index contributed by atoms with van der Waals surface area (Å²) in [5, 5.41) is 0. The van der Waals surface area contributed by atoms with Crippen LogP contribution in [0.25, 0.3) is 11.1 Å². The second kappa shape index (κ2) is 3.44. The third-order valence-corrected chi connectivity index (χ3v) is 1.98. The van der Waals surface area contributed by atoms with E-state index in [9.17, 15) is 0 Å². The van der Waals surface area contributed by atoms with Crippen LogP contribution in [0.3, 0.4) is 0 Å². The van der Waals surface area contributed by atoms with Crippen molar-refractivity contribution in [3.63, 3.8) is 0 Å². The number of aromatic nitrogens is 1. The topological polar surface area (TPSA) is 12.9 Å². The average Bonchev–Trinajstić information content (AvgIpc) is 2.19. The maximum absolute atomic E-state index is 4.16. The lowest BCUT2D eigenvalue weighted by molar-refractivity contribution is 1.35. The largest absolute Gasteiger partial charge is 0.265 e. The quantitative estimate of drug-likeness (QED) is 0.577. The number of nitrogens with zero attached hydrogens (tertiary/aromatic N) is 1. The first-order chi connectivity index (χ1) is 6.36. The van der Waals surface area contributed by atoms with E-state index >= 15 is 0 Å². The van der Waals surface area contributed by atoms with Gasteiger partial charge in [-0.2, -0.15) is 0 Å². The lowest BCUT2D eigenvalue weighted by Crippen LogP contribution is -2.02. The number of pyridine rings is 1. The molecule has 0 radical (unpaired) electrons. The number of hydrogen-bond donors (Lipinski definition) is 0. The van der Waals surface area contributed by atoms with Gasteiger partial charge in [0, 0.05) is 12.4 Å². The molecule has 0 bridgehead atoms. The van der Waals surface area contributed by atoms with Crippen molar-refractivity contribution >= 4 is 13.3 Å². The van der Waals surface area contributed by atoms with E-state index in [1.807, 2.05) is 30.6 Å². The molecule has 13 heavy (non-hydrogen) atoms. The minimum absolute atomic E-state index is 1.18. The summed E-state index contributed by atoms with van der Waals surface area (Å²) in [6.07, 6.45) is 3.76. The first kappa shape index (κ1) is 8.05. The monoisotopic (exact) mass is 167 g/mol. The molecule has 0 fully saturated rings. The van der Waals surface area contributed by atoms with Crippen LogP contribution < -0.4 is 5.46 Å². The molecule has 0 saturated heterocycles. The Balaban J connectivity index is 2.48. The van der Waals surface area contributed by atoms with Crippen LogP contribution in [-0.2, 0) is 0 Å². The van der Waals surface area contributed by atoms with Crippen LogP contribution in [0.1, 0.15) is 0 Å². The maximum atomic E-state index is 4.16. The Kier molecular flexibility index (Phi) is 2.13. The van der Waals surface area contributed by atoms with Crippen LogP contribution in [0.4, 0.5) is 0 Å². The fourth-order valence-corrected chi connectivity index (χ4v) is 1.34. The summed E-state index contributed by atoms with van der Waals surface area (Å²) in [6, 6.07) is 12.4. The Hall–Kier alpha value is -1.57. The fourth-order valence-electron chi connectivity index (χ4n) is 1.34. The molecule has 2 aromatic rings. The summed E-state index contributed by atoms with van der Waals surface area (Å²) >= 11 is 0. The van der Waals surface area contributed by atoms with Gasteiger partial charge in [-0.15, -0.1) is 0 Å². The molecule has 0 spiro atoms. The Labute approximate surface area is 78.9 Å². The van der Waals surface area contributed by atoms with E-state index in [4.69, 9.17) is 0 Å². The molecule has 0 aliphatic heterocycles. The van der Waals surface area contributed by atoms with Gasteiger partial charge in [0.25, 0.3) is 0 Å². The molecule has 1 nitrogen and oxygen atoms in total. The van der Waals surface area contributed by atoms with E-state index in [2.05, 4.69) is 31.0 Å². The summed E-state index contributed by atoms with van der Waals surface area (Å²) < 4.78 is 0. The first-order valence-electron chi connectivity index (χ1n) is 4.33. The zero-order chi connectivity index (χ0) is 9.10. The Morgan fingerprint density at radius 1 is 0.923 bits per heavy atom. The molecular weight excluding hydrogens is 157 g/mol. The minimum atomic E-state index is 1.18. The molecule has 1 aromatic carbocycles. The van der Waals surface area contributed by atoms with Gasteiger partial charge in [0.2, 0.25) is 0 Å². The molecule has 0 atom stereocenters. The molecule has 0 amide bonds. The van der Waals surface area contributed by atoms with Gasteiger partial charge >= 0.3 is 0 Å². The molecule has 1 heterocycles. The van der Waals surface area contributed by atoms with E-state index in [1.54, 1.807) is 0 Å². The molecule has 2 rings (SSSR count). The highest BCUT2D eigenvalue weighted by Crippen LogP contribution is 2.15. The van der Waals surface area contributed by atoms with Crippen molar-refractivity contribution in [1.29, 1.82) is 0 Å². The van der Waals surface area contributed by atoms with Gasteiger partial charge in [-0.05, 0) is 11.1 Å². The van der Waals surface area contributed by atoms with Gasteiger partial charge in [-0.3, -0.25) is 4.98 Å². The second-order valence-electron chi connectivity index (χ2n) is 3.12. The zero-order valence-corrected chi connectivity index (χ0v) is 7.57. The second-order valence-corrected chi connectivity index (χ2v) is 3.12. The van der Waals surface area contributed by atoms with Crippen LogP contribution in [-0.4, -0.2) is 12.8 Å². The summed E-state index contributed by atoms with van der Waals surface area (Å²) in [5.41, 5.74) is 3.60. The highest BCUT2D eigenvalue weighted by Gasteiger charge is 1.95. The van der Waals surface area contributed by atoms with E-state index < -0.39 is 0 Å². The van der Waals surface area contributed by atoms with Crippen molar-refractivity contribution < 1.29 is 0 Å². The predicted molar refractivity (Wildman–Crippen MR) is 57.9 cm³/mol. The van der Waals surface area contributed by atoms with Crippen LogP contribution in [0.2, 0.25) is 0 Å². The summed E-state index contributed by atoms with van der Waals surface area (Å²) in [5.74, 6) is 0. The molecule has 0 aliphatic rings. The lowest BCUT2D eigenvalue weighted by atomic mass is 9.95. The SMILES string of the molecule is Bc1cncc(-c2ccccc2)c1. The van der Waals surface area contributed by atoms with Crippen molar-refractivity contribution in [2.75, 3.05) is 0 Å². The Morgan fingerprint density at radius 2 is 1.69 bits per heavy atom. The van der Waals surface area contributed by atoms with Gasteiger partial charge in [-0.1, -0.05) is 41.9 Å². The number of benzene rings is 1. The van der Waals surface area contributed by atoms with Crippen molar-refractivity contribution in [1.82, 2.24) is 4.98 Å². The van der Waals surface area contributed by atoms with Crippen LogP contribution >= 0.6 is 0 Å². The lowest BCUT2D eigenvalue weighted by Gasteiger charge is -2.00. The van der Waals surface area contributed by atoms with Crippen molar-refractivity contribution in [2.45, 2.75) is 0 Å². The minimum Gasteiger partial charge on any atom is -0.265 e. The maximum Gasteiger partial charge on any atom is 0.141 e. The highest BCUT2D eigenvalue weighted by molar-refractivity contribution is 6.32. The molecule has 1 aromatic heterocycles. The summed E-state index contributed by atoms with van der Waals surface area (Å²) in [6.45, 7) is 0. The van der Waals surface area contributed by atoms with E-state index in [0.717, 1.165) is 0 Å². The van der Waals surface area contributed by atoms with Gasteiger partial charge < -0.3 is 0 Å². The standard InChI is InChI=1S/C11H10BN/c12-11-6-10(7-13-8-11)9-4-2-1-3-5-9/h1-8H,12H2. The fraction of sp³-hybridized carbons (Fsp3) is 0. The molecular formula is C11H10BN. The van der Waals surface area contributed by atoms with E-state index in [0.29, 0.717) is 0 Å². The Bertz CT molecular complexity index is 398. The molecule has 0 saturated carbocycles. The van der Waals surface area contributed by atoms with Crippen molar-refractivity contribution in [3.8, 4) is 11.1 Å². The Morgan fingerprint density at radius 3 is 2.38 bits per heavy atom. The third-order valence-electron chi connectivity index (χ3n) is 1.98.